The second kappa shape index (κ2) is 6.98. The first-order valence-corrected chi connectivity index (χ1v) is 5.62. The lowest BCUT2D eigenvalue weighted by atomic mass is 10.1. The highest BCUT2D eigenvalue weighted by atomic mass is 79.9. The lowest BCUT2D eigenvalue weighted by Gasteiger charge is -1.97. The van der Waals surface area contributed by atoms with Crippen LogP contribution in [0.15, 0.2) is 42.6 Å². The molecular weight excluding hydrogens is 330 g/mol. The van der Waals surface area contributed by atoms with Crippen molar-refractivity contribution in [2.24, 2.45) is 0 Å². The summed E-state index contributed by atoms with van der Waals surface area (Å²) >= 11 is 5.75. The molecule has 0 bridgehead atoms. The molecule has 96 valence electrons. The molecule has 0 fully saturated rings. The number of nitrogens with zero attached hydrogens (tertiary/aromatic N) is 3. The van der Waals surface area contributed by atoms with Crippen molar-refractivity contribution in [3.8, 4) is 6.07 Å². The Morgan fingerprint density at radius 3 is 2.63 bits per heavy atom. The SMILES string of the molecule is N#Cc1ccc[n+](CC(=O)c2ccc(Cl)cc2)n1.[Br-]. The Balaban J connectivity index is 0.00000180. The molecule has 0 saturated heterocycles. The average molecular weight is 339 g/mol. The van der Waals surface area contributed by atoms with Gasteiger partial charge in [-0.1, -0.05) is 16.3 Å². The first kappa shape index (κ1) is 15.3. The van der Waals surface area contributed by atoms with Gasteiger partial charge in [0.1, 0.15) is 6.07 Å². The lowest BCUT2D eigenvalue weighted by Crippen LogP contribution is -3.00. The van der Waals surface area contributed by atoms with Crippen molar-refractivity contribution in [1.29, 1.82) is 5.26 Å². The summed E-state index contributed by atoms with van der Waals surface area (Å²) in [7, 11) is 0. The van der Waals surface area contributed by atoms with Crippen LogP contribution in [0.3, 0.4) is 0 Å². The first-order chi connectivity index (χ1) is 8.69. The van der Waals surface area contributed by atoms with Crippen molar-refractivity contribution in [2.75, 3.05) is 0 Å². The molecule has 0 unspecified atom stereocenters. The van der Waals surface area contributed by atoms with E-state index in [4.69, 9.17) is 16.9 Å². The van der Waals surface area contributed by atoms with E-state index in [0.29, 0.717) is 10.6 Å². The summed E-state index contributed by atoms with van der Waals surface area (Å²) in [5, 5.41) is 13.3. The molecule has 6 heteroatoms. The molecule has 0 spiro atoms. The van der Waals surface area contributed by atoms with Crippen molar-refractivity contribution in [3.05, 3.63) is 58.9 Å². The lowest BCUT2D eigenvalue weighted by molar-refractivity contribution is -0.741. The van der Waals surface area contributed by atoms with Gasteiger partial charge in [-0.05, 0) is 30.3 Å². The third kappa shape index (κ3) is 4.12. The van der Waals surface area contributed by atoms with Crippen molar-refractivity contribution < 1.29 is 26.5 Å². The zero-order valence-electron chi connectivity index (χ0n) is 9.75. The average Bonchev–Trinajstić information content (AvgIpc) is 2.39. The van der Waals surface area contributed by atoms with Gasteiger partial charge in [-0.15, -0.1) is 0 Å². The van der Waals surface area contributed by atoms with Gasteiger partial charge in [0.15, 0.2) is 6.20 Å². The third-order valence-corrected chi connectivity index (χ3v) is 2.59. The smallest absolute Gasteiger partial charge is 0.236 e. The summed E-state index contributed by atoms with van der Waals surface area (Å²) in [4.78, 5) is 11.9. The van der Waals surface area contributed by atoms with Gasteiger partial charge >= 0.3 is 0 Å². The van der Waals surface area contributed by atoms with Gasteiger partial charge in [-0.2, -0.15) is 5.26 Å². The van der Waals surface area contributed by atoms with Gasteiger partial charge in [-0.25, -0.2) is 0 Å². The molecular formula is C13H9BrClN3O. The van der Waals surface area contributed by atoms with E-state index in [1.54, 1.807) is 42.6 Å². The second-order valence-electron chi connectivity index (χ2n) is 3.63. The van der Waals surface area contributed by atoms with E-state index >= 15 is 0 Å². The Bertz CT molecular complexity index is 623. The van der Waals surface area contributed by atoms with Crippen LogP contribution in [0, 0.1) is 11.3 Å². The number of Topliss-reactive ketones (excluding diaryl/α,β-unsaturated/α-hetero) is 1. The normalized spacial score (nSPS) is 9.26. The molecule has 0 aliphatic carbocycles. The molecule has 1 aromatic carbocycles. The number of ketones is 1. The van der Waals surface area contributed by atoms with E-state index in [9.17, 15) is 4.79 Å². The van der Waals surface area contributed by atoms with Crippen LogP contribution in [-0.4, -0.2) is 10.9 Å². The fourth-order valence-electron chi connectivity index (χ4n) is 1.46. The number of hydrogen-bond donors (Lipinski definition) is 0. The van der Waals surface area contributed by atoms with Crippen molar-refractivity contribution >= 4 is 17.4 Å². The number of aromatic nitrogens is 2. The van der Waals surface area contributed by atoms with Gasteiger partial charge in [-0.3, -0.25) is 4.79 Å². The van der Waals surface area contributed by atoms with Gasteiger partial charge in [0.25, 0.3) is 0 Å². The molecule has 0 atom stereocenters. The predicted octanol–water partition coefficient (Wildman–Crippen LogP) is -1.22. The Labute approximate surface area is 126 Å². The topological polar surface area (TPSA) is 57.6 Å². The Hall–Kier alpha value is -1.77. The van der Waals surface area contributed by atoms with Crippen LogP contribution in [0.4, 0.5) is 0 Å². The number of halogens is 2. The van der Waals surface area contributed by atoms with Crippen LogP contribution in [0.5, 0.6) is 0 Å². The summed E-state index contributed by atoms with van der Waals surface area (Å²) in [5.41, 5.74) is 0.845. The van der Waals surface area contributed by atoms with Crippen LogP contribution < -0.4 is 21.7 Å². The molecule has 0 aliphatic heterocycles. The molecule has 2 rings (SSSR count). The number of hydrogen-bond acceptors (Lipinski definition) is 3. The molecule has 1 aromatic heterocycles. The van der Waals surface area contributed by atoms with E-state index in [-0.39, 0.29) is 35.0 Å². The van der Waals surface area contributed by atoms with E-state index < -0.39 is 0 Å². The van der Waals surface area contributed by atoms with Gasteiger partial charge in [0.05, 0.1) is 0 Å². The van der Waals surface area contributed by atoms with Crippen LogP contribution in [-0.2, 0) is 6.54 Å². The highest BCUT2D eigenvalue weighted by Crippen LogP contribution is 2.09. The van der Waals surface area contributed by atoms with E-state index in [2.05, 4.69) is 5.10 Å². The predicted molar refractivity (Wildman–Crippen MR) is 64.9 cm³/mol. The van der Waals surface area contributed by atoms with Crippen LogP contribution in [0.2, 0.25) is 5.02 Å². The number of carbonyl (C=O) groups is 1. The largest absolute Gasteiger partial charge is 1.00 e. The third-order valence-electron chi connectivity index (χ3n) is 2.33. The standard InChI is InChI=1S/C13H9ClN3O.BrH/c14-11-5-3-10(4-6-11)13(18)9-17-7-1-2-12(8-15)16-17;/h1-7H,9H2;1H/q+1;/p-1. The Morgan fingerprint density at radius 2 is 2.00 bits per heavy atom. The number of benzene rings is 1. The maximum atomic E-state index is 11.9. The fraction of sp³-hybridized carbons (Fsp3) is 0.0769. The molecule has 0 saturated carbocycles. The molecule has 4 nitrogen and oxygen atoms in total. The highest BCUT2D eigenvalue weighted by Gasteiger charge is 2.13. The van der Waals surface area contributed by atoms with Gasteiger partial charge in [0, 0.05) is 21.8 Å². The fourth-order valence-corrected chi connectivity index (χ4v) is 1.59. The summed E-state index contributed by atoms with van der Waals surface area (Å²) in [6.45, 7) is 0.0944. The minimum Gasteiger partial charge on any atom is -1.00 e. The zero-order valence-corrected chi connectivity index (χ0v) is 12.1. The molecule has 0 amide bonds. The summed E-state index contributed by atoms with van der Waals surface area (Å²) in [6, 6.07) is 11.9. The monoisotopic (exact) mass is 337 g/mol. The van der Waals surface area contributed by atoms with Crippen molar-refractivity contribution in [1.82, 2.24) is 5.10 Å². The quantitative estimate of drug-likeness (QED) is 0.521. The van der Waals surface area contributed by atoms with Gasteiger partial charge < -0.3 is 17.0 Å². The molecule has 2 aromatic rings. The zero-order chi connectivity index (χ0) is 13.0. The van der Waals surface area contributed by atoms with E-state index in [1.165, 1.54) is 4.68 Å². The highest BCUT2D eigenvalue weighted by molar-refractivity contribution is 6.30. The Kier molecular flexibility index (Phi) is 5.61. The van der Waals surface area contributed by atoms with Crippen LogP contribution >= 0.6 is 11.6 Å². The Morgan fingerprint density at radius 1 is 1.32 bits per heavy atom. The second-order valence-corrected chi connectivity index (χ2v) is 4.07. The van der Waals surface area contributed by atoms with Crippen molar-refractivity contribution in [2.45, 2.75) is 6.54 Å². The maximum Gasteiger partial charge on any atom is 0.236 e. The maximum absolute atomic E-state index is 11.9. The van der Waals surface area contributed by atoms with Crippen LogP contribution in [0.25, 0.3) is 0 Å². The molecule has 1 heterocycles. The molecule has 0 radical (unpaired) electrons. The van der Waals surface area contributed by atoms with E-state index in [0.717, 1.165) is 0 Å². The molecule has 19 heavy (non-hydrogen) atoms. The van der Waals surface area contributed by atoms with E-state index in [1.807, 2.05) is 6.07 Å². The summed E-state index contributed by atoms with van der Waals surface area (Å²) in [6.07, 6.45) is 1.65. The molecule has 0 N–H and O–H groups in total. The van der Waals surface area contributed by atoms with Gasteiger partial charge in [0.2, 0.25) is 18.0 Å². The number of rotatable bonds is 3. The summed E-state index contributed by atoms with van der Waals surface area (Å²) < 4.78 is 1.44. The minimum atomic E-state index is -0.0840. The van der Waals surface area contributed by atoms with Crippen LogP contribution in [0.1, 0.15) is 16.1 Å². The first-order valence-electron chi connectivity index (χ1n) is 5.25. The minimum absolute atomic E-state index is 0. The molecule has 0 aliphatic rings. The number of carbonyl (C=O) groups excluding carboxylic acids is 1. The van der Waals surface area contributed by atoms with Crippen molar-refractivity contribution in [3.63, 3.8) is 0 Å². The number of nitriles is 1. The summed E-state index contributed by atoms with van der Waals surface area (Å²) in [5.74, 6) is -0.0840.